The molecule has 0 aliphatic heterocycles. The van der Waals surface area contributed by atoms with E-state index in [1.165, 1.54) is 5.56 Å². The second kappa shape index (κ2) is 6.47. The third-order valence-electron chi connectivity index (χ3n) is 3.73. The number of imidazole rings is 1. The molecule has 3 aromatic heterocycles. The van der Waals surface area contributed by atoms with E-state index in [2.05, 4.69) is 50.5 Å². The van der Waals surface area contributed by atoms with Crippen molar-refractivity contribution in [1.82, 2.24) is 24.5 Å². The van der Waals surface area contributed by atoms with Gasteiger partial charge in [-0.3, -0.25) is 4.98 Å². The molecule has 0 saturated heterocycles. The Hall–Kier alpha value is -2.56. The summed E-state index contributed by atoms with van der Waals surface area (Å²) in [6, 6.07) is 6.24. The van der Waals surface area contributed by atoms with Crippen LogP contribution in [0.5, 0.6) is 0 Å². The molecule has 5 nitrogen and oxygen atoms in total. The summed E-state index contributed by atoms with van der Waals surface area (Å²) < 4.78 is 2.18. The van der Waals surface area contributed by atoms with Gasteiger partial charge in [0.15, 0.2) is 5.82 Å². The van der Waals surface area contributed by atoms with E-state index in [0.29, 0.717) is 0 Å². The minimum atomic E-state index is 0.223. The van der Waals surface area contributed by atoms with Crippen LogP contribution in [0.25, 0.3) is 11.5 Å². The molecule has 0 unspecified atom stereocenters. The number of aryl methyl sites for hydroxylation is 1. The van der Waals surface area contributed by atoms with Gasteiger partial charge >= 0.3 is 0 Å². The lowest BCUT2D eigenvalue weighted by molar-refractivity contribution is 0.570. The fourth-order valence-corrected chi connectivity index (χ4v) is 2.64. The molecule has 112 valence electrons. The van der Waals surface area contributed by atoms with Crippen molar-refractivity contribution < 1.29 is 0 Å². The fraction of sp³-hybridized carbons (Fsp3) is 0.294. The quantitative estimate of drug-likeness (QED) is 0.724. The molecule has 0 radical (unpaired) electrons. The Morgan fingerprint density at radius 3 is 2.55 bits per heavy atom. The van der Waals surface area contributed by atoms with Crippen LogP contribution >= 0.6 is 0 Å². The molecule has 3 rings (SSSR count). The Bertz CT molecular complexity index is 736. The molecule has 0 aliphatic carbocycles. The molecule has 0 aliphatic rings. The standard InChI is InChI=1S/C17H19N5/c1-3-15(13-5-8-18-9-6-13)22-12-11-20-17(22)14-7-10-19-16(4-2)21-14/h5-12,15H,3-4H2,1-2H3/t15-/m1/s1. The van der Waals surface area contributed by atoms with Crippen molar-refractivity contribution in [2.75, 3.05) is 0 Å². The van der Waals surface area contributed by atoms with E-state index < -0.39 is 0 Å². The highest BCUT2D eigenvalue weighted by Crippen LogP contribution is 2.26. The highest BCUT2D eigenvalue weighted by Gasteiger charge is 2.17. The van der Waals surface area contributed by atoms with Gasteiger partial charge in [0.1, 0.15) is 11.5 Å². The number of hydrogen-bond acceptors (Lipinski definition) is 4. The van der Waals surface area contributed by atoms with Gasteiger partial charge < -0.3 is 4.57 Å². The van der Waals surface area contributed by atoms with Crippen LogP contribution in [0.2, 0.25) is 0 Å². The molecule has 1 atom stereocenters. The van der Waals surface area contributed by atoms with Crippen molar-refractivity contribution in [3.8, 4) is 11.5 Å². The topological polar surface area (TPSA) is 56.5 Å². The fourth-order valence-electron chi connectivity index (χ4n) is 2.64. The largest absolute Gasteiger partial charge is 0.322 e. The zero-order chi connectivity index (χ0) is 15.4. The maximum Gasteiger partial charge on any atom is 0.159 e. The zero-order valence-corrected chi connectivity index (χ0v) is 12.8. The van der Waals surface area contributed by atoms with Crippen LogP contribution in [-0.2, 0) is 6.42 Å². The first-order valence-electron chi connectivity index (χ1n) is 7.58. The number of rotatable bonds is 5. The summed E-state index contributed by atoms with van der Waals surface area (Å²) >= 11 is 0. The molecule has 0 amide bonds. The molecule has 0 N–H and O–H groups in total. The molecule has 0 spiro atoms. The summed E-state index contributed by atoms with van der Waals surface area (Å²) in [5.41, 5.74) is 2.09. The smallest absolute Gasteiger partial charge is 0.159 e. The second-order valence-corrected chi connectivity index (χ2v) is 5.07. The third-order valence-corrected chi connectivity index (χ3v) is 3.73. The number of nitrogens with zero attached hydrogens (tertiary/aromatic N) is 5. The highest BCUT2D eigenvalue weighted by molar-refractivity contribution is 5.49. The van der Waals surface area contributed by atoms with Gasteiger partial charge in [-0.2, -0.15) is 0 Å². The summed E-state index contributed by atoms with van der Waals surface area (Å²) in [5.74, 6) is 1.71. The van der Waals surface area contributed by atoms with Crippen molar-refractivity contribution in [3.63, 3.8) is 0 Å². The van der Waals surface area contributed by atoms with Crippen LogP contribution in [0.1, 0.15) is 37.7 Å². The van der Waals surface area contributed by atoms with Crippen LogP contribution in [0.15, 0.2) is 49.2 Å². The molecule has 22 heavy (non-hydrogen) atoms. The normalized spacial score (nSPS) is 12.3. The minimum absolute atomic E-state index is 0.223. The lowest BCUT2D eigenvalue weighted by Crippen LogP contribution is -2.11. The Kier molecular flexibility index (Phi) is 4.23. The maximum absolute atomic E-state index is 4.60. The molecule has 3 heterocycles. The predicted octanol–water partition coefficient (Wildman–Crippen LogP) is 3.30. The van der Waals surface area contributed by atoms with Crippen LogP contribution < -0.4 is 0 Å². The van der Waals surface area contributed by atoms with Crippen LogP contribution in [0, 0.1) is 0 Å². The molecular weight excluding hydrogens is 274 g/mol. The van der Waals surface area contributed by atoms with Gasteiger partial charge in [-0.15, -0.1) is 0 Å². The van der Waals surface area contributed by atoms with Gasteiger partial charge in [0.05, 0.1) is 6.04 Å². The average molecular weight is 293 g/mol. The van der Waals surface area contributed by atoms with E-state index >= 15 is 0 Å². The summed E-state index contributed by atoms with van der Waals surface area (Å²) in [7, 11) is 0. The van der Waals surface area contributed by atoms with E-state index in [1.54, 1.807) is 6.20 Å². The second-order valence-electron chi connectivity index (χ2n) is 5.07. The van der Waals surface area contributed by atoms with E-state index in [1.807, 2.05) is 30.9 Å². The molecule has 0 saturated carbocycles. The summed E-state index contributed by atoms with van der Waals surface area (Å²) in [6.45, 7) is 4.23. The molecule has 0 fully saturated rings. The van der Waals surface area contributed by atoms with Crippen molar-refractivity contribution >= 4 is 0 Å². The monoisotopic (exact) mass is 293 g/mol. The molecule has 0 bridgehead atoms. The van der Waals surface area contributed by atoms with Crippen LogP contribution in [-0.4, -0.2) is 24.5 Å². The summed E-state index contributed by atoms with van der Waals surface area (Å²) in [6.07, 6.45) is 11.1. The van der Waals surface area contributed by atoms with Crippen LogP contribution in [0.3, 0.4) is 0 Å². The Labute approximate surface area is 130 Å². The molecule has 0 aromatic carbocycles. The third kappa shape index (κ3) is 2.74. The number of hydrogen-bond donors (Lipinski definition) is 0. The first kappa shape index (κ1) is 14.4. The van der Waals surface area contributed by atoms with E-state index in [-0.39, 0.29) is 6.04 Å². The van der Waals surface area contributed by atoms with Crippen LogP contribution in [0.4, 0.5) is 0 Å². The predicted molar refractivity (Wildman–Crippen MR) is 85.3 cm³/mol. The van der Waals surface area contributed by atoms with E-state index in [4.69, 9.17) is 0 Å². The lowest BCUT2D eigenvalue weighted by Gasteiger charge is -2.19. The number of aromatic nitrogens is 5. The maximum atomic E-state index is 4.60. The van der Waals surface area contributed by atoms with Gasteiger partial charge in [-0.1, -0.05) is 13.8 Å². The van der Waals surface area contributed by atoms with E-state index in [9.17, 15) is 0 Å². The first-order chi connectivity index (χ1) is 10.8. The van der Waals surface area contributed by atoms with Crippen molar-refractivity contribution in [3.05, 3.63) is 60.6 Å². The molecule has 3 aromatic rings. The SMILES string of the molecule is CCc1nccc(-c2nccn2[C@H](CC)c2ccncc2)n1. The van der Waals surface area contributed by atoms with Gasteiger partial charge in [0.25, 0.3) is 0 Å². The first-order valence-corrected chi connectivity index (χ1v) is 7.58. The Morgan fingerprint density at radius 2 is 1.82 bits per heavy atom. The lowest BCUT2D eigenvalue weighted by atomic mass is 10.1. The van der Waals surface area contributed by atoms with Gasteiger partial charge in [0.2, 0.25) is 0 Å². The summed E-state index contributed by atoms with van der Waals surface area (Å²) in [5, 5.41) is 0. The van der Waals surface area contributed by atoms with Gasteiger partial charge in [-0.05, 0) is 30.2 Å². The Morgan fingerprint density at radius 1 is 1.00 bits per heavy atom. The molecule has 5 heteroatoms. The van der Waals surface area contributed by atoms with E-state index in [0.717, 1.165) is 30.2 Å². The van der Waals surface area contributed by atoms with Gasteiger partial charge in [-0.25, -0.2) is 15.0 Å². The number of pyridine rings is 1. The Balaban J connectivity index is 2.04. The summed E-state index contributed by atoms with van der Waals surface area (Å²) in [4.78, 5) is 17.5. The average Bonchev–Trinajstić information content (AvgIpc) is 3.06. The van der Waals surface area contributed by atoms with Crippen molar-refractivity contribution in [1.29, 1.82) is 0 Å². The van der Waals surface area contributed by atoms with Gasteiger partial charge in [0, 0.05) is 37.4 Å². The van der Waals surface area contributed by atoms with Crippen molar-refractivity contribution in [2.45, 2.75) is 32.7 Å². The zero-order valence-electron chi connectivity index (χ0n) is 12.8. The van der Waals surface area contributed by atoms with Crippen molar-refractivity contribution in [2.24, 2.45) is 0 Å². The molecular formula is C17H19N5. The minimum Gasteiger partial charge on any atom is -0.322 e. The highest BCUT2D eigenvalue weighted by atomic mass is 15.1.